The highest BCUT2D eigenvalue weighted by atomic mass is 31.2. The van der Waals surface area contributed by atoms with Gasteiger partial charge in [-0.25, -0.2) is 4.57 Å². The smallest absolute Gasteiger partial charge is 0.462 e. The summed E-state index contributed by atoms with van der Waals surface area (Å²) >= 11 is 0. The fourth-order valence-electron chi connectivity index (χ4n) is 5.91. The number of unbranched alkanes of at least 4 members (excludes halogenated alkanes) is 6. The van der Waals surface area contributed by atoms with Gasteiger partial charge in [0.1, 0.15) is 43.2 Å². The molecule has 0 amide bonds. The van der Waals surface area contributed by atoms with E-state index in [0.29, 0.717) is 12.8 Å². The molecule has 0 radical (unpaired) electrons. The second-order valence-electron chi connectivity index (χ2n) is 14.8. The molecular weight excluding hydrogens is 803 g/mol. The lowest BCUT2D eigenvalue weighted by molar-refractivity contribution is -0.220. The van der Waals surface area contributed by atoms with Crippen LogP contribution in [0.4, 0.5) is 0 Å². The number of rotatable bonds is 34. The van der Waals surface area contributed by atoms with E-state index in [1.165, 1.54) is 0 Å². The molecule has 13 nitrogen and oxygen atoms in total. The molecule has 0 saturated heterocycles. The molecule has 0 aromatic rings. The average molecular weight is 879 g/mol. The maximum absolute atomic E-state index is 12.8. The molecule has 1 fully saturated rings. The molecule has 1 aliphatic carbocycles. The zero-order valence-corrected chi connectivity index (χ0v) is 37.3. The lowest BCUT2D eigenvalue weighted by Crippen LogP contribution is -2.64. The van der Waals surface area contributed by atoms with E-state index in [1.807, 2.05) is 0 Å². The Morgan fingerprint density at radius 1 is 0.508 bits per heavy atom. The number of allylic oxidation sites excluding steroid dienone is 16. The summed E-state index contributed by atoms with van der Waals surface area (Å²) in [4.78, 5) is 35.6. The highest BCUT2D eigenvalue weighted by Gasteiger charge is 2.51. The molecule has 346 valence electrons. The first-order valence-corrected chi connectivity index (χ1v) is 23.5. The third-order valence-electron chi connectivity index (χ3n) is 9.42. The fraction of sp³-hybridized carbons (Fsp3) is 0.617. The molecule has 6 N–H and O–H groups in total. The van der Waals surface area contributed by atoms with Crippen molar-refractivity contribution in [2.45, 2.75) is 172 Å². The number of aliphatic hydroxyl groups excluding tert-OH is 5. The topological polar surface area (TPSA) is 210 Å². The summed E-state index contributed by atoms with van der Waals surface area (Å²) in [5, 5.41) is 50.1. The summed E-state index contributed by atoms with van der Waals surface area (Å²) in [6, 6.07) is 0. The van der Waals surface area contributed by atoms with Crippen LogP contribution in [0.1, 0.15) is 129 Å². The predicted octanol–water partition coefficient (Wildman–Crippen LogP) is 8.27. The number of esters is 2. The van der Waals surface area contributed by atoms with Crippen molar-refractivity contribution in [2.24, 2.45) is 0 Å². The molecule has 1 aliphatic rings. The Labute approximate surface area is 364 Å². The van der Waals surface area contributed by atoms with Crippen molar-refractivity contribution < 1.29 is 63.1 Å². The minimum absolute atomic E-state index is 0.0531. The minimum atomic E-state index is -5.14. The maximum atomic E-state index is 12.8. The van der Waals surface area contributed by atoms with Crippen LogP contribution < -0.4 is 0 Å². The van der Waals surface area contributed by atoms with Crippen LogP contribution in [-0.4, -0.2) is 98.3 Å². The molecule has 1 saturated carbocycles. The second kappa shape index (κ2) is 36.3. The first-order valence-electron chi connectivity index (χ1n) is 22.0. The number of carbonyl (C=O) groups is 2. The van der Waals surface area contributed by atoms with Crippen LogP contribution in [0.2, 0.25) is 0 Å². The Bertz CT molecular complexity index is 1430. The van der Waals surface area contributed by atoms with Gasteiger partial charge in [-0.1, -0.05) is 124 Å². The standard InChI is InChI=1S/C47H75O13P/c1-3-5-7-9-11-13-15-17-19-20-22-24-26-28-30-32-34-36-41(49)59-39(38-58-61(55,56)60-47-45(53)43(51)42(50)44(52)46(47)54)37-57-40(48)35-33-31-29-27-25-23-21-18-16-14-12-10-8-6-4-2/h5-8,11-14,17-19,21-22,24-25,27,39,42-47,50-54H,3-4,9-10,15-16,20,23,26,28-38H2,1-2H3,(H,55,56)/b7-5-,8-6-,13-11-,14-12-,19-17-,21-18-,24-22-,27-25-. The van der Waals surface area contributed by atoms with Crippen molar-refractivity contribution in [3.05, 3.63) is 97.2 Å². The summed E-state index contributed by atoms with van der Waals surface area (Å²) in [7, 11) is -5.14. The summed E-state index contributed by atoms with van der Waals surface area (Å²) < 4.78 is 33.4. The quantitative estimate of drug-likeness (QED) is 0.0156. The van der Waals surface area contributed by atoms with E-state index < -0.39 is 75.7 Å². The molecule has 6 atom stereocenters. The van der Waals surface area contributed by atoms with E-state index in [0.717, 1.165) is 89.9 Å². The molecule has 1 rings (SSSR count). The maximum Gasteiger partial charge on any atom is 0.472 e. The Kier molecular flexibility index (Phi) is 33.2. The lowest BCUT2D eigenvalue weighted by atomic mass is 9.85. The molecule has 0 spiro atoms. The summed E-state index contributed by atoms with van der Waals surface area (Å²) in [5.41, 5.74) is 0. The van der Waals surface area contributed by atoms with Crippen LogP contribution in [0.3, 0.4) is 0 Å². The fourth-order valence-corrected chi connectivity index (χ4v) is 6.89. The molecular formula is C47H75O13P. The Morgan fingerprint density at radius 2 is 0.885 bits per heavy atom. The van der Waals surface area contributed by atoms with Crippen LogP contribution >= 0.6 is 7.82 Å². The van der Waals surface area contributed by atoms with Gasteiger partial charge in [0.05, 0.1) is 6.61 Å². The largest absolute Gasteiger partial charge is 0.472 e. The van der Waals surface area contributed by atoms with Gasteiger partial charge in [0.2, 0.25) is 0 Å². The van der Waals surface area contributed by atoms with Gasteiger partial charge in [-0.3, -0.25) is 18.6 Å². The van der Waals surface area contributed by atoms with Crippen molar-refractivity contribution in [1.29, 1.82) is 0 Å². The number of phosphoric acid groups is 1. The normalized spacial score (nSPS) is 23.0. The summed E-state index contributed by atoms with van der Waals surface area (Å²) in [6.07, 6.45) is 34.7. The van der Waals surface area contributed by atoms with Crippen molar-refractivity contribution in [1.82, 2.24) is 0 Å². The van der Waals surface area contributed by atoms with Gasteiger partial charge in [0.25, 0.3) is 0 Å². The Morgan fingerprint density at radius 3 is 1.36 bits per heavy atom. The number of phosphoric ester groups is 1. The van der Waals surface area contributed by atoms with Crippen molar-refractivity contribution in [3.8, 4) is 0 Å². The van der Waals surface area contributed by atoms with E-state index >= 15 is 0 Å². The molecule has 0 aromatic heterocycles. The minimum Gasteiger partial charge on any atom is -0.462 e. The molecule has 14 heteroatoms. The number of ether oxygens (including phenoxy) is 2. The van der Waals surface area contributed by atoms with Gasteiger partial charge in [-0.15, -0.1) is 0 Å². The van der Waals surface area contributed by atoms with Crippen LogP contribution in [0.25, 0.3) is 0 Å². The molecule has 0 heterocycles. The predicted molar refractivity (Wildman–Crippen MR) is 239 cm³/mol. The van der Waals surface area contributed by atoms with Crippen LogP contribution in [0.5, 0.6) is 0 Å². The van der Waals surface area contributed by atoms with E-state index in [1.54, 1.807) is 0 Å². The SMILES string of the molecule is CC/C=C\C/C=C\C/C=C\C/C=C\CCCCCCC(=O)OC(COC(=O)CCCC/C=C\C/C=C\C/C=C\C/C=C\CC)COP(=O)(O)OC1C(O)C(O)C(O)C(O)C1O. The third kappa shape index (κ3) is 28.9. The van der Waals surface area contributed by atoms with Crippen LogP contribution in [-0.2, 0) is 32.7 Å². The zero-order chi connectivity index (χ0) is 45.0. The Hall–Kier alpha value is -3.23. The molecule has 0 aromatic carbocycles. The molecule has 6 unspecified atom stereocenters. The number of hydrogen-bond acceptors (Lipinski definition) is 12. The first kappa shape index (κ1) is 55.8. The van der Waals surface area contributed by atoms with Crippen molar-refractivity contribution >= 4 is 19.8 Å². The van der Waals surface area contributed by atoms with Gasteiger partial charge in [-0.2, -0.15) is 0 Å². The van der Waals surface area contributed by atoms with Gasteiger partial charge in [0.15, 0.2) is 6.10 Å². The van der Waals surface area contributed by atoms with E-state index in [2.05, 4.69) is 111 Å². The summed E-state index contributed by atoms with van der Waals surface area (Å²) in [5.74, 6) is -1.19. The number of carbonyl (C=O) groups excluding carboxylic acids is 2. The van der Waals surface area contributed by atoms with Crippen LogP contribution in [0.15, 0.2) is 97.2 Å². The first-order chi connectivity index (χ1) is 29.4. The molecule has 0 aliphatic heterocycles. The Balaban J connectivity index is 2.54. The lowest BCUT2D eigenvalue weighted by Gasteiger charge is -2.41. The van der Waals surface area contributed by atoms with Gasteiger partial charge < -0.3 is 39.9 Å². The van der Waals surface area contributed by atoms with E-state index in [9.17, 15) is 44.6 Å². The van der Waals surface area contributed by atoms with E-state index in [-0.39, 0.29) is 12.8 Å². The monoisotopic (exact) mass is 878 g/mol. The highest BCUT2D eigenvalue weighted by molar-refractivity contribution is 7.47. The van der Waals surface area contributed by atoms with Gasteiger partial charge >= 0.3 is 19.8 Å². The summed E-state index contributed by atoms with van der Waals surface area (Å²) in [6.45, 7) is 2.99. The number of hydrogen-bond donors (Lipinski definition) is 6. The zero-order valence-electron chi connectivity index (χ0n) is 36.4. The van der Waals surface area contributed by atoms with Crippen molar-refractivity contribution in [2.75, 3.05) is 13.2 Å². The van der Waals surface area contributed by atoms with Gasteiger partial charge in [-0.05, 0) is 89.9 Å². The van der Waals surface area contributed by atoms with Crippen LogP contribution in [0, 0.1) is 0 Å². The average Bonchev–Trinajstić information content (AvgIpc) is 3.24. The van der Waals surface area contributed by atoms with Crippen molar-refractivity contribution in [3.63, 3.8) is 0 Å². The van der Waals surface area contributed by atoms with E-state index in [4.69, 9.17) is 18.5 Å². The van der Waals surface area contributed by atoms with Gasteiger partial charge in [0, 0.05) is 12.8 Å². The highest BCUT2D eigenvalue weighted by Crippen LogP contribution is 2.47. The second-order valence-corrected chi connectivity index (χ2v) is 16.2. The third-order valence-corrected chi connectivity index (χ3v) is 10.4. The molecule has 61 heavy (non-hydrogen) atoms. The number of aliphatic hydroxyl groups is 5. The molecule has 0 bridgehead atoms.